The maximum atomic E-state index is 13.6. The van der Waals surface area contributed by atoms with E-state index in [1.54, 1.807) is 18.4 Å². The van der Waals surface area contributed by atoms with Crippen molar-refractivity contribution in [1.82, 2.24) is 0 Å². The number of rotatable bonds is 5. The fraction of sp³-hybridized carbons (Fsp3) is 0.357. The van der Waals surface area contributed by atoms with Crippen LogP contribution in [0.15, 0.2) is 41.4 Å². The standard InChI is InChI=1S/C28H32N2O2S/c1-18-11-12-19(2)23(15-18)30-27(31)26-22-9-7-5-6-8-10-25(22)33-28(26)29-17-21-14-13-20(3)24(16-21)32-4/h11-17H,5-10H2,1-4H3,(H,30,31). The number of benzene rings is 2. The van der Waals surface area contributed by atoms with Crippen molar-refractivity contribution in [1.29, 1.82) is 0 Å². The number of amides is 1. The topological polar surface area (TPSA) is 50.7 Å². The lowest BCUT2D eigenvalue weighted by Crippen LogP contribution is -2.15. The smallest absolute Gasteiger partial charge is 0.259 e. The molecule has 1 amide bonds. The minimum atomic E-state index is -0.0598. The molecule has 0 atom stereocenters. The second kappa shape index (κ2) is 10.3. The number of hydrogen-bond acceptors (Lipinski definition) is 4. The third-order valence-electron chi connectivity index (χ3n) is 6.28. The summed E-state index contributed by atoms with van der Waals surface area (Å²) in [6.07, 6.45) is 8.57. The van der Waals surface area contributed by atoms with Gasteiger partial charge in [0.25, 0.3) is 5.91 Å². The van der Waals surface area contributed by atoms with Crippen LogP contribution in [0.25, 0.3) is 0 Å². The van der Waals surface area contributed by atoms with E-state index in [0.29, 0.717) is 0 Å². The predicted molar refractivity (Wildman–Crippen MR) is 139 cm³/mol. The minimum absolute atomic E-state index is 0.0598. The zero-order chi connectivity index (χ0) is 23.4. The van der Waals surface area contributed by atoms with Gasteiger partial charge in [-0.25, -0.2) is 4.99 Å². The molecule has 1 aliphatic carbocycles. The molecular weight excluding hydrogens is 428 g/mol. The van der Waals surface area contributed by atoms with Gasteiger partial charge in [0, 0.05) is 16.8 Å². The summed E-state index contributed by atoms with van der Waals surface area (Å²) in [5.74, 6) is 0.778. The number of carbonyl (C=O) groups excluding carboxylic acids is 1. The van der Waals surface area contributed by atoms with Crippen LogP contribution >= 0.6 is 11.3 Å². The molecule has 0 bridgehead atoms. The lowest BCUT2D eigenvalue weighted by atomic mass is 9.96. The average molecular weight is 461 g/mol. The van der Waals surface area contributed by atoms with E-state index >= 15 is 0 Å². The van der Waals surface area contributed by atoms with E-state index < -0.39 is 0 Å². The summed E-state index contributed by atoms with van der Waals surface area (Å²) in [6, 6.07) is 12.2. The first kappa shape index (κ1) is 23.2. The molecule has 0 spiro atoms. The van der Waals surface area contributed by atoms with Crippen molar-refractivity contribution in [3.05, 3.63) is 74.7 Å². The Morgan fingerprint density at radius 2 is 1.76 bits per heavy atom. The van der Waals surface area contributed by atoms with E-state index in [4.69, 9.17) is 9.73 Å². The number of ether oxygens (including phenoxy) is 1. The number of carbonyl (C=O) groups is 1. The van der Waals surface area contributed by atoms with Gasteiger partial charge in [-0.3, -0.25) is 4.79 Å². The van der Waals surface area contributed by atoms with Crippen molar-refractivity contribution in [2.24, 2.45) is 4.99 Å². The minimum Gasteiger partial charge on any atom is -0.496 e. The van der Waals surface area contributed by atoms with Crippen molar-refractivity contribution in [3.8, 4) is 5.75 Å². The zero-order valence-electron chi connectivity index (χ0n) is 20.0. The lowest BCUT2D eigenvalue weighted by Gasteiger charge is -2.13. The van der Waals surface area contributed by atoms with Crippen LogP contribution in [0.2, 0.25) is 0 Å². The number of aliphatic imine (C=N–C) groups is 1. The fourth-order valence-corrected chi connectivity index (χ4v) is 5.57. The van der Waals surface area contributed by atoms with Gasteiger partial charge >= 0.3 is 0 Å². The Morgan fingerprint density at radius 1 is 1.00 bits per heavy atom. The number of nitrogens with zero attached hydrogens (tertiary/aromatic N) is 1. The number of nitrogens with one attached hydrogen (secondary N) is 1. The highest BCUT2D eigenvalue weighted by molar-refractivity contribution is 7.16. The molecule has 0 unspecified atom stereocenters. The molecule has 0 saturated heterocycles. The first-order valence-electron chi connectivity index (χ1n) is 11.7. The summed E-state index contributed by atoms with van der Waals surface area (Å²) in [4.78, 5) is 19.7. The molecule has 0 aliphatic heterocycles. The van der Waals surface area contributed by atoms with Gasteiger partial charge in [0.2, 0.25) is 0 Å². The van der Waals surface area contributed by atoms with Crippen LogP contribution in [-0.4, -0.2) is 19.2 Å². The summed E-state index contributed by atoms with van der Waals surface area (Å²) in [7, 11) is 1.68. The first-order chi connectivity index (χ1) is 16.0. The zero-order valence-corrected chi connectivity index (χ0v) is 20.8. The largest absolute Gasteiger partial charge is 0.496 e. The molecule has 4 rings (SSSR count). The highest BCUT2D eigenvalue weighted by atomic mass is 32.1. The van der Waals surface area contributed by atoms with Gasteiger partial charge in [-0.1, -0.05) is 37.1 Å². The Morgan fingerprint density at radius 3 is 2.55 bits per heavy atom. The third-order valence-corrected chi connectivity index (χ3v) is 7.48. The third kappa shape index (κ3) is 5.36. The van der Waals surface area contributed by atoms with Gasteiger partial charge < -0.3 is 10.1 Å². The molecule has 33 heavy (non-hydrogen) atoms. The van der Waals surface area contributed by atoms with E-state index in [9.17, 15) is 4.79 Å². The molecule has 0 saturated carbocycles. The summed E-state index contributed by atoms with van der Waals surface area (Å²) in [5.41, 5.74) is 7.03. The van der Waals surface area contributed by atoms with Crippen LogP contribution in [0.5, 0.6) is 5.75 Å². The number of methoxy groups -OCH3 is 1. The molecule has 1 aliphatic rings. The van der Waals surface area contributed by atoms with Crippen LogP contribution in [0.4, 0.5) is 10.7 Å². The van der Waals surface area contributed by atoms with Gasteiger partial charge in [0.05, 0.1) is 12.7 Å². The molecule has 1 aromatic heterocycles. The maximum Gasteiger partial charge on any atom is 0.259 e. The molecule has 5 heteroatoms. The van der Waals surface area contributed by atoms with Crippen molar-refractivity contribution in [2.45, 2.75) is 59.3 Å². The molecule has 4 nitrogen and oxygen atoms in total. The number of anilines is 1. The number of hydrogen-bond donors (Lipinski definition) is 1. The Hall–Kier alpha value is -2.92. The van der Waals surface area contributed by atoms with Crippen molar-refractivity contribution >= 4 is 34.1 Å². The van der Waals surface area contributed by atoms with Crippen molar-refractivity contribution in [3.63, 3.8) is 0 Å². The summed E-state index contributed by atoms with van der Waals surface area (Å²) in [6.45, 7) is 6.09. The monoisotopic (exact) mass is 460 g/mol. The van der Waals surface area contributed by atoms with Crippen molar-refractivity contribution in [2.75, 3.05) is 12.4 Å². The van der Waals surface area contributed by atoms with Gasteiger partial charge in [-0.15, -0.1) is 11.3 Å². The van der Waals surface area contributed by atoms with E-state index in [1.807, 2.05) is 57.3 Å². The number of thiophene rings is 1. The predicted octanol–water partition coefficient (Wildman–Crippen LogP) is 7.34. The SMILES string of the molecule is COc1cc(C=Nc2sc3c(c2C(=O)Nc2cc(C)ccc2C)CCCCCC3)ccc1C. The summed E-state index contributed by atoms with van der Waals surface area (Å²) in [5, 5.41) is 3.97. The Kier molecular flexibility index (Phi) is 7.29. The number of fused-ring (bicyclic) bond motifs is 1. The Balaban J connectivity index is 1.72. The van der Waals surface area contributed by atoms with Gasteiger partial charge in [0.15, 0.2) is 0 Å². The Bertz CT molecular complexity index is 1190. The summed E-state index contributed by atoms with van der Waals surface area (Å²) >= 11 is 1.67. The molecule has 0 radical (unpaired) electrons. The van der Waals surface area contributed by atoms with E-state index in [-0.39, 0.29) is 5.91 Å². The molecule has 172 valence electrons. The van der Waals surface area contributed by atoms with E-state index in [0.717, 1.165) is 63.5 Å². The second-order valence-corrected chi connectivity index (χ2v) is 9.94. The van der Waals surface area contributed by atoms with Gasteiger partial charge in [-0.05, 0) is 86.4 Å². The molecule has 1 heterocycles. The average Bonchev–Trinajstić information content (AvgIpc) is 3.12. The van der Waals surface area contributed by atoms with Crippen molar-refractivity contribution < 1.29 is 9.53 Å². The second-order valence-electron chi connectivity index (χ2n) is 8.86. The van der Waals surface area contributed by atoms with Crippen LogP contribution in [0.3, 0.4) is 0 Å². The van der Waals surface area contributed by atoms with Crippen LogP contribution in [-0.2, 0) is 12.8 Å². The normalized spacial score (nSPS) is 13.9. The first-order valence-corrected chi connectivity index (χ1v) is 12.5. The molecule has 0 fully saturated rings. The molecule has 2 aromatic carbocycles. The highest BCUT2D eigenvalue weighted by Gasteiger charge is 2.24. The molecule has 1 N–H and O–H groups in total. The fourth-order valence-electron chi connectivity index (χ4n) is 4.34. The maximum absolute atomic E-state index is 13.6. The van der Waals surface area contributed by atoms with Gasteiger partial charge in [-0.2, -0.15) is 0 Å². The summed E-state index contributed by atoms with van der Waals surface area (Å²) < 4.78 is 5.46. The highest BCUT2D eigenvalue weighted by Crippen LogP contribution is 2.39. The van der Waals surface area contributed by atoms with E-state index in [1.165, 1.54) is 29.7 Å². The lowest BCUT2D eigenvalue weighted by molar-refractivity contribution is 0.102. The van der Waals surface area contributed by atoms with Crippen LogP contribution in [0, 0.1) is 20.8 Å². The quantitative estimate of drug-likeness (QED) is 0.405. The van der Waals surface area contributed by atoms with Crippen LogP contribution in [0.1, 0.15) is 68.7 Å². The van der Waals surface area contributed by atoms with E-state index in [2.05, 4.69) is 11.4 Å². The Labute approximate surface area is 200 Å². The van der Waals surface area contributed by atoms with Crippen LogP contribution < -0.4 is 10.1 Å². The number of aryl methyl sites for hydroxylation is 4. The molecule has 3 aromatic rings. The van der Waals surface area contributed by atoms with Gasteiger partial charge in [0.1, 0.15) is 10.8 Å². The molecular formula is C28H32N2O2S.